The SMILES string of the molecule is O=C(CCn1cccn1)N1CC(=O)N(C2CCCCC2)C[C@H](OCc2ccccc2)C1. The van der Waals surface area contributed by atoms with Gasteiger partial charge in [0.1, 0.15) is 0 Å². The molecule has 1 saturated carbocycles. The van der Waals surface area contributed by atoms with Gasteiger partial charge < -0.3 is 14.5 Å². The molecular formula is C24H32N4O3. The first kappa shape index (κ1) is 21.6. The Hall–Kier alpha value is -2.67. The lowest BCUT2D eigenvalue weighted by molar-refractivity contribution is -0.140. The van der Waals surface area contributed by atoms with E-state index in [1.807, 2.05) is 47.5 Å². The van der Waals surface area contributed by atoms with Crippen LogP contribution in [0, 0.1) is 0 Å². The van der Waals surface area contributed by atoms with Crippen molar-refractivity contribution in [1.82, 2.24) is 19.6 Å². The van der Waals surface area contributed by atoms with Crippen LogP contribution in [0.15, 0.2) is 48.8 Å². The molecule has 2 aliphatic rings. The van der Waals surface area contributed by atoms with Gasteiger partial charge in [0.2, 0.25) is 11.8 Å². The number of carbonyl (C=O) groups is 2. The fourth-order valence-corrected chi connectivity index (χ4v) is 4.57. The van der Waals surface area contributed by atoms with Gasteiger partial charge in [0.05, 0.1) is 19.3 Å². The molecule has 1 atom stereocenters. The van der Waals surface area contributed by atoms with Gasteiger partial charge in [-0.25, -0.2) is 0 Å². The van der Waals surface area contributed by atoms with Crippen LogP contribution in [0.25, 0.3) is 0 Å². The number of aromatic nitrogens is 2. The van der Waals surface area contributed by atoms with Crippen LogP contribution in [0.1, 0.15) is 44.1 Å². The zero-order valence-electron chi connectivity index (χ0n) is 18.1. The Bertz CT molecular complexity index is 834. The predicted molar refractivity (Wildman–Crippen MR) is 117 cm³/mol. The van der Waals surface area contributed by atoms with E-state index >= 15 is 0 Å². The molecule has 2 fully saturated rings. The lowest BCUT2D eigenvalue weighted by Crippen LogP contribution is -2.46. The highest BCUT2D eigenvalue weighted by molar-refractivity contribution is 5.85. The van der Waals surface area contributed by atoms with Crippen molar-refractivity contribution >= 4 is 11.8 Å². The summed E-state index contributed by atoms with van der Waals surface area (Å²) in [6, 6.07) is 12.2. The van der Waals surface area contributed by atoms with Crippen LogP contribution in [0.3, 0.4) is 0 Å². The number of benzene rings is 1. The van der Waals surface area contributed by atoms with Crippen LogP contribution >= 0.6 is 0 Å². The second-order valence-electron chi connectivity index (χ2n) is 8.55. The molecule has 0 spiro atoms. The first-order valence-corrected chi connectivity index (χ1v) is 11.4. The molecule has 0 radical (unpaired) electrons. The maximum absolute atomic E-state index is 13.1. The normalized spacial score (nSPS) is 20.6. The van der Waals surface area contributed by atoms with E-state index in [1.54, 1.807) is 15.8 Å². The van der Waals surface area contributed by atoms with E-state index in [-0.39, 0.29) is 30.5 Å². The van der Waals surface area contributed by atoms with Crippen molar-refractivity contribution in [3.05, 3.63) is 54.4 Å². The quantitative estimate of drug-likeness (QED) is 0.686. The number of amides is 2. The molecule has 31 heavy (non-hydrogen) atoms. The van der Waals surface area contributed by atoms with Crippen LogP contribution < -0.4 is 0 Å². The van der Waals surface area contributed by atoms with Crippen molar-refractivity contribution in [2.24, 2.45) is 0 Å². The fourth-order valence-electron chi connectivity index (χ4n) is 4.57. The zero-order valence-corrected chi connectivity index (χ0v) is 18.1. The number of rotatable bonds is 7. The van der Waals surface area contributed by atoms with Crippen molar-refractivity contribution < 1.29 is 14.3 Å². The minimum atomic E-state index is -0.192. The number of carbonyl (C=O) groups excluding carboxylic acids is 2. The van der Waals surface area contributed by atoms with E-state index in [1.165, 1.54) is 6.42 Å². The number of ether oxygens (including phenoxy) is 1. The number of hydrogen-bond acceptors (Lipinski definition) is 4. The molecule has 0 unspecified atom stereocenters. The standard InChI is InChI=1S/C24H32N4O3/c29-23(12-15-27-14-7-13-25-27)26-16-22(31-19-20-8-3-1-4-9-20)17-28(24(30)18-26)21-10-5-2-6-11-21/h1,3-4,7-9,13-14,21-22H,2,5-6,10-12,15-19H2/t22-/m1/s1. The van der Waals surface area contributed by atoms with E-state index in [0.717, 1.165) is 31.2 Å². The van der Waals surface area contributed by atoms with E-state index in [4.69, 9.17) is 4.74 Å². The molecule has 1 aliphatic carbocycles. The molecule has 1 aromatic carbocycles. The smallest absolute Gasteiger partial charge is 0.242 e. The molecule has 166 valence electrons. The van der Waals surface area contributed by atoms with Gasteiger partial charge in [0.25, 0.3) is 0 Å². The van der Waals surface area contributed by atoms with E-state index < -0.39 is 0 Å². The second-order valence-corrected chi connectivity index (χ2v) is 8.55. The van der Waals surface area contributed by atoms with Gasteiger partial charge in [-0.05, 0) is 24.5 Å². The first-order valence-electron chi connectivity index (χ1n) is 11.4. The molecule has 0 N–H and O–H groups in total. The Balaban J connectivity index is 1.44. The lowest BCUT2D eigenvalue weighted by atomic mass is 9.94. The Labute approximate surface area is 184 Å². The van der Waals surface area contributed by atoms with Crippen molar-refractivity contribution in [3.63, 3.8) is 0 Å². The largest absolute Gasteiger partial charge is 0.370 e. The van der Waals surface area contributed by atoms with Crippen LogP contribution in [0.2, 0.25) is 0 Å². The third-order valence-corrected chi connectivity index (χ3v) is 6.28. The van der Waals surface area contributed by atoms with E-state index in [2.05, 4.69) is 5.10 Å². The Morgan fingerprint density at radius 3 is 2.61 bits per heavy atom. The third kappa shape index (κ3) is 5.94. The van der Waals surface area contributed by atoms with Crippen molar-refractivity contribution in [2.75, 3.05) is 19.6 Å². The van der Waals surface area contributed by atoms with Crippen LogP contribution in [0.4, 0.5) is 0 Å². The average molecular weight is 425 g/mol. The van der Waals surface area contributed by atoms with Gasteiger partial charge in [-0.1, -0.05) is 49.6 Å². The Morgan fingerprint density at radius 2 is 1.87 bits per heavy atom. The fraction of sp³-hybridized carbons (Fsp3) is 0.542. The molecule has 2 aromatic rings. The minimum Gasteiger partial charge on any atom is -0.370 e. The lowest BCUT2D eigenvalue weighted by Gasteiger charge is -2.34. The van der Waals surface area contributed by atoms with Gasteiger partial charge in [0, 0.05) is 44.5 Å². The van der Waals surface area contributed by atoms with Crippen LogP contribution in [0.5, 0.6) is 0 Å². The summed E-state index contributed by atoms with van der Waals surface area (Å²) in [5, 5.41) is 4.16. The average Bonchev–Trinajstić information content (AvgIpc) is 3.27. The van der Waals surface area contributed by atoms with Crippen molar-refractivity contribution in [3.8, 4) is 0 Å². The molecular weight excluding hydrogens is 392 g/mol. The molecule has 7 heteroatoms. The summed E-state index contributed by atoms with van der Waals surface area (Å²) in [6.45, 7) is 2.13. The molecule has 1 aromatic heterocycles. The van der Waals surface area contributed by atoms with Gasteiger partial charge >= 0.3 is 0 Å². The van der Waals surface area contributed by atoms with Crippen molar-refractivity contribution in [2.45, 2.75) is 63.8 Å². The molecule has 0 bridgehead atoms. The molecule has 1 aliphatic heterocycles. The van der Waals surface area contributed by atoms with Crippen LogP contribution in [-0.4, -0.2) is 63.2 Å². The van der Waals surface area contributed by atoms with Crippen molar-refractivity contribution in [1.29, 1.82) is 0 Å². The zero-order chi connectivity index (χ0) is 21.5. The van der Waals surface area contributed by atoms with Gasteiger partial charge in [0.15, 0.2) is 0 Å². The maximum Gasteiger partial charge on any atom is 0.242 e. The summed E-state index contributed by atoms with van der Waals surface area (Å²) in [6.07, 6.45) is 9.34. The molecule has 2 amide bonds. The summed E-state index contributed by atoms with van der Waals surface area (Å²) in [5.41, 5.74) is 1.10. The number of aryl methyl sites for hydroxylation is 1. The molecule has 1 saturated heterocycles. The van der Waals surface area contributed by atoms with Gasteiger partial charge in [-0.3, -0.25) is 14.3 Å². The predicted octanol–water partition coefficient (Wildman–Crippen LogP) is 2.86. The maximum atomic E-state index is 13.1. The number of nitrogens with zero attached hydrogens (tertiary/aromatic N) is 4. The molecule has 7 nitrogen and oxygen atoms in total. The summed E-state index contributed by atoms with van der Waals surface area (Å²) in [5.74, 6) is 0.0211. The van der Waals surface area contributed by atoms with Gasteiger partial charge in [-0.15, -0.1) is 0 Å². The third-order valence-electron chi connectivity index (χ3n) is 6.28. The van der Waals surface area contributed by atoms with E-state index in [0.29, 0.717) is 32.7 Å². The monoisotopic (exact) mass is 424 g/mol. The highest BCUT2D eigenvalue weighted by Crippen LogP contribution is 2.25. The molecule has 4 rings (SSSR count). The minimum absolute atomic E-state index is 0.0253. The summed E-state index contributed by atoms with van der Waals surface area (Å²) in [7, 11) is 0. The Kier molecular flexibility index (Phi) is 7.35. The number of hydrogen-bond donors (Lipinski definition) is 0. The summed E-state index contributed by atoms with van der Waals surface area (Å²) in [4.78, 5) is 29.8. The highest BCUT2D eigenvalue weighted by Gasteiger charge is 2.34. The second kappa shape index (κ2) is 10.6. The molecule has 2 heterocycles. The van der Waals surface area contributed by atoms with E-state index in [9.17, 15) is 9.59 Å². The Morgan fingerprint density at radius 1 is 1.06 bits per heavy atom. The topological polar surface area (TPSA) is 67.7 Å². The van der Waals surface area contributed by atoms with Gasteiger partial charge in [-0.2, -0.15) is 5.10 Å². The van der Waals surface area contributed by atoms with Crippen LogP contribution in [-0.2, 0) is 27.5 Å². The summed E-state index contributed by atoms with van der Waals surface area (Å²) >= 11 is 0. The first-order chi connectivity index (χ1) is 15.2. The highest BCUT2D eigenvalue weighted by atomic mass is 16.5. The summed E-state index contributed by atoms with van der Waals surface area (Å²) < 4.78 is 7.99.